The first-order valence-corrected chi connectivity index (χ1v) is 24.6. The molecule has 342 valence electrons. The van der Waals surface area contributed by atoms with E-state index in [1.165, 1.54) is 66.8 Å². The predicted octanol–water partition coefficient (Wildman–Crippen LogP) is 19.2. The highest BCUT2D eigenvalue weighted by molar-refractivity contribution is 5.87. The van der Waals surface area contributed by atoms with Crippen LogP contribution in [0.2, 0.25) is 0 Å². The molecule has 0 bridgehead atoms. The third kappa shape index (κ3) is 9.41. The summed E-state index contributed by atoms with van der Waals surface area (Å²) >= 11 is 0. The van der Waals surface area contributed by atoms with Gasteiger partial charge in [0, 0.05) is 39.5 Å². The van der Waals surface area contributed by atoms with Gasteiger partial charge in [0.05, 0.1) is 0 Å². The maximum atomic E-state index is 2.42. The summed E-state index contributed by atoms with van der Waals surface area (Å²) in [6.45, 7) is 9.03. The predicted molar refractivity (Wildman–Crippen MR) is 304 cm³/mol. The summed E-state index contributed by atoms with van der Waals surface area (Å²) in [5, 5.41) is 0. The topological polar surface area (TPSA) is 6.48 Å². The van der Waals surface area contributed by atoms with Crippen LogP contribution in [-0.4, -0.2) is 0 Å². The van der Waals surface area contributed by atoms with Crippen LogP contribution in [0.5, 0.6) is 0 Å². The molecule has 0 atom stereocenters. The van der Waals surface area contributed by atoms with Crippen LogP contribution in [0.15, 0.2) is 243 Å². The number of anilines is 6. The molecule has 0 radical (unpaired) electrons. The fourth-order valence-corrected chi connectivity index (χ4v) is 9.97. The Kier molecular flexibility index (Phi) is 12.2. The van der Waals surface area contributed by atoms with Crippen molar-refractivity contribution in [1.82, 2.24) is 0 Å². The van der Waals surface area contributed by atoms with Crippen molar-refractivity contribution >= 4 is 58.4 Å². The van der Waals surface area contributed by atoms with Crippen molar-refractivity contribution in [3.63, 3.8) is 0 Å². The average molecular weight is 913 g/mol. The van der Waals surface area contributed by atoms with Gasteiger partial charge in [-0.05, 0) is 166 Å². The van der Waals surface area contributed by atoms with Gasteiger partial charge in [-0.15, -0.1) is 0 Å². The molecule has 0 N–H and O–H groups in total. The molecule has 0 unspecified atom stereocenters. The van der Waals surface area contributed by atoms with Crippen molar-refractivity contribution in [2.24, 2.45) is 0 Å². The zero-order valence-corrected chi connectivity index (χ0v) is 40.8. The molecule has 71 heavy (non-hydrogen) atoms. The summed E-state index contributed by atoms with van der Waals surface area (Å²) in [4.78, 5) is 4.68. The summed E-state index contributed by atoms with van der Waals surface area (Å²) in [5.74, 6) is 0. The SMILES string of the molecule is Cc1ccc(N(c2ccc(C=Cc3ccccc3)cc2)c2ccc(-c3ccc4c(c3)C(C)(C)c3cc(-c5ccc(N(c6ccc(C)cc6)c6ccc(C=Cc7ccccc7)cc6)cc5)ccc3-4)cc2)cc1. The highest BCUT2D eigenvalue weighted by Gasteiger charge is 2.36. The van der Waals surface area contributed by atoms with Crippen LogP contribution in [0.4, 0.5) is 34.1 Å². The molecule has 10 aromatic carbocycles. The normalized spacial score (nSPS) is 12.5. The van der Waals surface area contributed by atoms with E-state index in [-0.39, 0.29) is 5.41 Å². The van der Waals surface area contributed by atoms with Crippen molar-refractivity contribution in [2.45, 2.75) is 33.1 Å². The highest BCUT2D eigenvalue weighted by Crippen LogP contribution is 2.51. The molecule has 0 heterocycles. The maximum Gasteiger partial charge on any atom is 0.0462 e. The summed E-state index contributed by atoms with van der Waals surface area (Å²) in [5.41, 5.74) is 23.9. The van der Waals surface area contributed by atoms with E-state index in [9.17, 15) is 0 Å². The molecule has 1 aliphatic rings. The van der Waals surface area contributed by atoms with Crippen LogP contribution < -0.4 is 9.80 Å². The van der Waals surface area contributed by atoms with Crippen molar-refractivity contribution in [2.75, 3.05) is 9.80 Å². The Morgan fingerprint density at radius 1 is 0.282 bits per heavy atom. The van der Waals surface area contributed by atoms with E-state index in [1.54, 1.807) is 0 Å². The van der Waals surface area contributed by atoms with Gasteiger partial charge in [-0.3, -0.25) is 0 Å². The van der Waals surface area contributed by atoms with E-state index in [0.29, 0.717) is 0 Å². The van der Waals surface area contributed by atoms with Crippen LogP contribution in [0.3, 0.4) is 0 Å². The van der Waals surface area contributed by atoms with Crippen LogP contribution in [0.1, 0.15) is 58.4 Å². The number of rotatable bonds is 12. The number of nitrogens with zero attached hydrogens (tertiary/aromatic N) is 2. The molecule has 0 aromatic heterocycles. The van der Waals surface area contributed by atoms with E-state index >= 15 is 0 Å². The lowest BCUT2D eigenvalue weighted by Gasteiger charge is -2.26. The van der Waals surface area contributed by atoms with Gasteiger partial charge in [0.25, 0.3) is 0 Å². The molecule has 0 aliphatic heterocycles. The van der Waals surface area contributed by atoms with Crippen molar-refractivity contribution in [3.8, 4) is 33.4 Å². The fraction of sp³-hybridized carbons (Fsp3) is 0.0725. The van der Waals surface area contributed by atoms with Gasteiger partial charge < -0.3 is 9.80 Å². The first kappa shape index (κ1) is 44.8. The van der Waals surface area contributed by atoms with Crippen LogP contribution in [0, 0.1) is 13.8 Å². The van der Waals surface area contributed by atoms with Gasteiger partial charge in [-0.2, -0.15) is 0 Å². The van der Waals surface area contributed by atoms with E-state index < -0.39 is 0 Å². The first-order chi connectivity index (χ1) is 34.7. The van der Waals surface area contributed by atoms with Crippen LogP contribution in [0.25, 0.3) is 57.7 Å². The minimum Gasteiger partial charge on any atom is -0.311 e. The number of aryl methyl sites for hydroxylation is 2. The monoisotopic (exact) mass is 912 g/mol. The van der Waals surface area contributed by atoms with Crippen LogP contribution in [-0.2, 0) is 5.41 Å². The Morgan fingerprint density at radius 2 is 0.549 bits per heavy atom. The lowest BCUT2D eigenvalue weighted by atomic mass is 9.81. The van der Waals surface area contributed by atoms with E-state index in [0.717, 1.165) is 45.3 Å². The third-order valence-electron chi connectivity index (χ3n) is 14.0. The molecular formula is C69H56N2. The zero-order valence-electron chi connectivity index (χ0n) is 40.8. The van der Waals surface area contributed by atoms with E-state index in [4.69, 9.17) is 0 Å². The summed E-state index contributed by atoms with van der Waals surface area (Å²) in [6.07, 6.45) is 8.67. The molecular weight excluding hydrogens is 857 g/mol. The molecule has 0 amide bonds. The molecule has 0 fully saturated rings. The molecule has 0 spiro atoms. The second-order valence-corrected chi connectivity index (χ2v) is 19.3. The maximum absolute atomic E-state index is 2.42. The average Bonchev–Trinajstić information content (AvgIpc) is 3.64. The number of fused-ring (bicyclic) bond motifs is 3. The van der Waals surface area contributed by atoms with Crippen molar-refractivity contribution in [3.05, 3.63) is 287 Å². The standard InChI is InChI=1S/C69H56N2/c1-49-15-33-59(34-16-49)70(61-37-23-53(24-38-61)21-19-51-11-7-5-8-12-51)63-41-27-55(28-42-63)57-31-45-65-66-46-32-58(48-68(66)69(3,4)67(65)47-57)56-29-43-64(44-30-56)71(60-35-17-50(2)18-36-60)62-39-25-54(26-40-62)22-20-52-13-9-6-10-14-52/h5-48H,1-4H3. The quantitative estimate of drug-likeness (QED) is 0.113. The van der Waals surface area contributed by atoms with Crippen molar-refractivity contribution in [1.29, 1.82) is 0 Å². The van der Waals surface area contributed by atoms with Gasteiger partial charge in [0.15, 0.2) is 0 Å². The number of benzene rings is 10. The Balaban J connectivity index is 0.839. The minimum atomic E-state index is -0.175. The second kappa shape index (κ2) is 19.3. The molecule has 1 aliphatic carbocycles. The van der Waals surface area contributed by atoms with Crippen LogP contribution >= 0.6 is 0 Å². The molecule has 2 heteroatoms. The fourth-order valence-electron chi connectivity index (χ4n) is 9.97. The second-order valence-electron chi connectivity index (χ2n) is 19.3. The molecule has 11 rings (SSSR count). The lowest BCUT2D eigenvalue weighted by Crippen LogP contribution is -2.15. The summed E-state index contributed by atoms with van der Waals surface area (Å²) < 4.78 is 0. The number of hydrogen-bond donors (Lipinski definition) is 0. The minimum absolute atomic E-state index is 0.175. The van der Waals surface area contributed by atoms with Gasteiger partial charge in [0.2, 0.25) is 0 Å². The van der Waals surface area contributed by atoms with E-state index in [1.807, 2.05) is 12.1 Å². The van der Waals surface area contributed by atoms with Crippen molar-refractivity contribution < 1.29 is 0 Å². The molecule has 0 saturated heterocycles. The first-order valence-electron chi connectivity index (χ1n) is 24.6. The van der Waals surface area contributed by atoms with Gasteiger partial charge in [-0.1, -0.05) is 207 Å². The number of hydrogen-bond acceptors (Lipinski definition) is 2. The Hall–Kier alpha value is -8.72. The Labute approximate surface area is 419 Å². The highest BCUT2D eigenvalue weighted by atomic mass is 15.1. The largest absolute Gasteiger partial charge is 0.311 e. The third-order valence-corrected chi connectivity index (χ3v) is 14.0. The molecule has 10 aromatic rings. The zero-order chi connectivity index (χ0) is 48.3. The van der Waals surface area contributed by atoms with E-state index in [2.05, 4.69) is 292 Å². The Morgan fingerprint density at radius 3 is 0.873 bits per heavy atom. The summed E-state index contributed by atoms with van der Waals surface area (Å²) in [7, 11) is 0. The summed E-state index contributed by atoms with van der Waals surface area (Å²) in [6, 6.07) is 88.3. The lowest BCUT2D eigenvalue weighted by molar-refractivity contribution is 0.661. The Bertz CT molecular complexity index is 3260. The molecule has 2 nitrogen and oxygen atoms in total. The van der Waals surface area contributed by atoms with Gasteiger partial charge in [0.1, 0.15) is 0 Å². The van der Waals surface area contributed by atoms with Gasteiger partial charge in [-0.25, -0.2) is 0 Å². The molecule has 0 saturated carbocycles. The van der Waals surface area contributed by atoms with Gasteiger partial charge >= 0.3 is 0 Å². The smallest absolute Gasteiger partial charge is 0.0462 e.